The molecule has 1 N–H and O–H groups in total. The van der Waals surface area contributed by atoms with Crippen molar-refractivity contribution >= 4 is 0 Å². The fourth-order valence-corrected chi connectivity index (χ4v) is 1.92. The Balaban J connectivity index is 2.00. The Labute approximate surface area is 116 Å². The standard InChI is InChI=1S/C14H17F2N3O/c1-20-5-4-17-9-14-2-3-18-19(14)10-11-6-12(15)8-13(16)7-11/h2-3,6-8,17H,4-5,9-10H2,1H3. The first-order chi connectivity index (χ1) is 9.69. The van der Waals surface area contributed by atoms with Crippen LogP contribution in [0, 0.1) is 11.6 Å². The zero-order chi connectivity index (χ0) is 14.4. The molecule has 0 radical (unpaired) electrons. The van der Waals surface area contributed by atoms with Gasteiger partial charge in [-0.15, -0.1) is 0 Å². The second-order valence-corrected chi connectivity index (χ2v) is 4.43. The second kappa shape index (κ2) is 7.12. The minimum atomic E-state index is -0.577. The molecule has 0 saturated heterocycles. The number of aromatic nitrogens is 2. The number of methoxy groups -OCH3 is 1. The molecule has 0 amide bonds. The Bertz CT molecular complexity index is 537. The van der Waals surface area contributed by atoms with Gasteiger partial charge in [-0.25, -0.2) is 8.78 Å². The van der Waals surface area contributed by atoms with E-state index >= 15 is 0 Å². The Morgan fingerprint density at radius 1 is 1.25 bits per heavy atom. The Morgan fingerprint density at radius 3 is 2.70 bits per heavy atom. The third-order valence-electron chi connectivity index (χ3n) is 2.85. The quantitative estimate of drug-likeness (QED) is 0.788. The van der Waals surface area contributed by atoms with Gasteiger partial charge in [-0.1, -0.05) is 0 Å². The fraction of sp³-hybridized carbons (Fsp3) is 0.357. The normalized spacial score (nSPS) is 10.9. The van der Waals surface area contributed by atoms with Gasteiger partial charge in [0, 0.05) is 32.5 Å². The van der Waals surface area contributed by atoms with Crippen LogP contribution in [0.3, 0.4) is 0 Å². The van der Waals surface area contributed by atoms with E-state index in [-0.39, 0.29) is 0 Å². The number of rotatable bonds is 7. The number of nitrogens with zero attached hydrogens (tertiary/aromatic N) is 2. The van der Waals surface area contributed by atoms with Crippen LogP contribution in [-0.2, 0) is 17.8 Å². The van der Waals surface area contributed by atoms with Crippen molar-refractivity contribution in [2.24, 2.45) is 0 Å². The average Bonchev–Trinajstić information content (AvgIpc) is 2.81. The van der Waals surface area contributed by atoms with Crippen molar-refractivity contribution < 1.29 is 13.5 Å². The van der Waals surface area contributed by atoms with Crippen molar-refractivity contribution in [2.45, 2.75) is 13.1 Å². The molecule has 20 heavy (non-hydrogen) atoms. The van der Waals surface area contributed by atoms with Gasteiger partial charge in [-0.3, -0.25) is 4.68 Å². The maximum absolute atomic E-state index is 13.1. The van der Waals surface area contributed by atoms with E-state index < -0.39 is 11.6 Å². The van der Waals surface area contributed by atoms with E-state index in [2.05, 4.69) is 10.4 Å². The summed E-state index contributed by atoms with van der Waals surface area (Å²) in [6.45, 7) is 2.32. The first-order valence-electron chi connectivity index (χ1n) is 6.34. The van der Waals surface area contributed by atoms with E-state index in [1.807, 2.05) is 6.07 Å². The minimum absolute atomic E-state index is 0.336. The molecular weight excluding hydrogens is 264 g/mol. The van der Waals surface area contributed by atoms with Gasteiger partial charge in [-0.05, 0) is 23.8 Å². The number of hydrogen-bond donors (Lipinski definition) is 1. The SMILES string of the molecule is COCCNCc1ccnn1Cc1cc(F)cc(F)c1. The van der Waals surface area contributed by atoms with E-state index in [4.69, 9.17) is 4.74 Å². The minimum Gasteiger partial charge on any atom is -0.383 e. The lowest BCUT2D eigenvalue weighted by Gasteiger charge is -2.09. The maximum Gasteiger partial charge on any atom is 0.126 e. The van der Waals surface area contributed by atoms with Crippen LogP contribution in [0.25, 0.3) is 0 Å². The summed E-state index contributed by atoms with van der Waals surface area (Å²) in [7, 11) is 1.64. The molecule has 0 spiro atoms. The number of hydrogen-bond acceptors (Lipinski definition) is 3. The highest BCUT2D eigenvalue weighted by molar-refractivity contribution is 5.18. The number of halogens is 2. The molecule has 1 aromatic heterocycles. The lowest BCUT2D eigenvalue weighted by molar-refractivity contribution is 0.199. The highest BCUT2D eigenvalue weighted by Crippen LogP contribution is 2.10. The van der Waals surface area contributed by atoms with E-state index in [1.54, 1.807) is 18.0 Å². The average molecular weight is 281 g/mol. The monoisotopic (exact) mass is 281 g/mol. The summed E-state index contributed by atoms with van der Waals surface area (Å²) in [6.07, 6.45) is 1.67. The lowest BCUT2D eigenvalue weighted by Crippen LogP contribution is -2.21. The largest absolute Gasteiger partial charge is 0.383 e. The molecular formula is C14H17F2N3O. The van der Waals surface area contributed by atoms with Crippen LogP contribution in [0.2, 0.25) is 0 Å². The third kappa shape index (κ3) is 4.11. The molecule has 0 unspecified atom stereocenters. The van der Waals surface area contributed by atoms with Crippen molar-refractivity contribution in [2.75, 3.05) is 20.3 Å². The molecule has 6 heteroatoms. The van der Waals surface area contributed by atoms with Gasteiger partial charge in [0.25, 0.3) is 0 Å². The second-order valence-electron chi connectivity index (χ2n) is 4.43. The molecule has 0 atom stereocenters. The summed E-state index contributed by atoms with van der Waals surface area (Å²) < 4.78 is 33.0. The molecule has 0 aliphatic heterocycles. The zero-order valence-electron chi connectivity index (χ0n) is 11.3. The summed E-state index contributed by atoms with van der Waals surface area (Å²) in [5.41, 5.74) is 1.50. The Morgan fingerprint density at radius 2 is 2.00 bits per heavy atom. The summed E-state index contributed by atoms with van der Waals surface area (Å²) in [6, 6.07) is 5.36. The van der Waals surface area contributed by atoms with E-state index in [0.717, 1.165) is 18.3 Å². The predicted molar refractivity (Wildman–Crippen MR) is 71.3 cm³/mol. The Hall–Kier alpha value is -1.79. The van der Waals surface area contributed by atoms with Crippen molar-refractivity contribution in [3.05, 3.63) is 53.4 Å². The van der Waals surface area contributed by atoms with Gasteiger partial charge in [0.05, 0.1) is 18.8 Å². The molecule has 0 aliphatic rings. The fourth-order valence-electron chi connectivity index (χ4n) is 1.92. The predicted octanol–water partition coefficient (Wildman–Crippen LogP) is 1.95. The highest BCUT2D eigenvalue weighted by atomic mass is 19.1. The van der Waals surface area contributed by atoms with Crippen LogP contribution < -0.4 is 5.32 Å². The zero-order valence-corrected chi connectivity index (χ0v) is 11.3. The Kier molecular flexibility index (Phi) is 5.20. The van der Waals surface area contributed by atoms with Crippen molar-refractivity contribution in [3.8, 4) is 0 Å². The van der Waals surface area contributed by atoms with Crippen molar-refractivity contribution in [3.63, 3.8) is 0 Å². The molecule has 0 bridgehead atoms. The van der Waals surface area contributed by atoms with Crippen LogP contribution in [0.4, 0.5) is 8.78 Å². The van der Waals surface area contributed by atoms with Crippen LogP contribution in [0.15, 0.2) is 30.5 Å². The summed E-state index contributed by atoms with van der Waals surface area (Å²) in [5.74, 6) is -1.15. The van der Waals surface area contributed by atoms with Gasteiger partial charge < -0.3 is 10.1 Å². The third-order valence-corrected chi connectivity index (χ3v) is 2.85. The number of ether oxygens (including phenoxy) is 1. The number of benzene rings is 1. The van der Waals surface area contributed by atoms with Crippen molar-refractivity contribution in [1.29, 1.82) is 0 Å². The van der Waals surface area contributed by atoms with Gasteiger partial charge in [-0.2, -0.15) is 5.10 Å². The summed E-state index contributed by atoms with van der Waals surface area (Å²) >= 11 is 0. The molecule has 0 saturated carbocycles. The first kappa shape index (κ1) is 14.6. The molecule has 2 rings (SSSR count). The van der Waals surface area contributed by atoms with Crippen LogP contribution >= 0.6 is 0 Å². The van der Waals surface area contributed by atoms with E-state index in [9.17, 15) is 8.78 Å². The molecule has 4 nitrogen and oxygen atoms in total. The van der Waals surface area contributed by atoms with E-state index in [1.165, 1.54) is 12.1 Å². The molecule has 2 aromatic rings. The van der Waals surface area contributed by atoms with Gasteiger partial charge in [0.15, 0.2) is 0 Å². The summed E-state index contributed by atoms with van der Waals surface area (Å²) in [4.78, 5) is 0. The van der Waals surface area contributed by atoms with Crippen LogP contribution in [0.1, 0.15) is 11.3 Å². The molecule has 108 valence electrons. The molecule has 0 aliphatic carbocycles. The first-order valence-corrected chi connectivity index (χ1v) is 6.34. The van der Waals surface area contributed by atoms with Gasteiger partial charge in [0.1, 0.15) is 11.6 Å². The summed E-state index contributed by atoms with van der Waals surface area (Å²) in [5, 5.41) is 7.37. The van der Waals surface area contributed by atoms with E-state index in [0.29, 0.717) is 25.3 Å². The van der Waals surface area contributed by atoms with Gasteiger partial charge in [0.2, 0.25) is 0 Å². The van der Waals surface area contributed by atoms with Crippen LogP contribution in [-0.4, -0.2) is 30.0 Å². The van der Waals surface area contributed by atoms with Crippen LogP contribution in [0.5, 0.6) is 0 Å². The van der Waals surface area contributed by atoms with Gasteiger partial charge >= 0.3 is 0 Å². The topological polar surface area (TPSA) is 39.1 Å². The molecule has 1 aromatic carbocycles. The highest BCUT2D eigenvalue weighted by Gasteiger charge is 2.06. The maximum atomic E-state index is 13.1. The molecule has 0 fully saturated rings. The molecule has 1 heterocycles. The number of nitrogens with one attached hydrogen (secondary N) is 1. The van der Waals surface area contributed by atoms with Crippen molar-refractivity contribution in [1.82, 2.24) is 15.1 Å². The lowest BCUT2D eigenvalue weighted by atomic mass is 10.2. The smallest absolute Gasteiger partial charge is 0.126 e.